The van der Waals surface area contributed by atoms with Crippen LogP contribution in [0.2, 0.25) is 0 Å². The van der Waals surface area contributed by atoms with E-state index in [4.69, 9.17) is 0 Å². The zero-order valence-corrected chi connectivity index (χ0v) is 10.4. The van der Waals surface area contributed by atoms with Gasteiger partial charge in [0.2, 0.25) is 0 Å². The Hall–Kier alpha value is -1.91. The predicted molar refractivity (Wildman–Crippen MR) is 66.7 cm³/mol. The maximum atomic E-state index is 12.0. The number of Topliss-reactive ketones (excluding diaryl/α,β-unsaturated/α-hetero) is 1. The summed E-state index contributed by atoms with van der Waals surface area (Å²) in [6.07, 6.45) is 2.95. The molecule has 0 saturated heterocycles. The monoisotopic (exact) mass is 248 g/mol. The predicted octanol–water partition coefficient (Wildman–Crippen LogP) is 0.963. The number of carbonyl (C=O) groups excluding carboxylic acids is 2. The van der Waals surface area contributed by atoms with Gasteiger partial charge in [0.25, 0.3) is 11.5 Å². The van der Waals surface area contributed by atoms with Gasteiger partial charge in [-0.2, -0.15) is 0 Å². The van der Waals surface area contributed by atoms with Crippen molar-refractivity contribution in [3.05, 3.63) is 33.7 Å². The Morgan fingerprint density at radius 2 is 2.17 bits per heavy atom. The van der Waals surface area contributed by atoms with Gasteiger partial charge in [0.1, 0.15) is 5.56 Å². The van der Waals surface area contributed by atoms with Crippen LogP contribution in [-0.4, -0.2) is 23.7 Å². The Morgan fingerprint density at radius 3 is 2.72 bits per heavy atom. The van der Waals surface area contributed by atoms with E-state index < -0.39 is 11.5 Å². The smallest absolute Gasteiger partial charge is 0.260 e. The molecule has 0 radical (unpaired) electrons. The fraction of sp³-hybridized carbons (Fsp3) is 0.462. The molecule has 2 atom stereocenters. The van der Waals surface area contributed by atoms with E-state index in [0.717, 1.165) is 6.42 Å². The number of ketones is 1. The summed E-state index contributed by atoms with van der Waals surface area (Å²) >= 11 is 0. The number of nitrogens with one attached hydrogen (secondary N) is 2. The van der Waals surface area contributed by atoms with Gasteiger partial charge >= 0.3 is 0 Å². The van der Waals surface area contributed by atoms with Crippen molar-refractivity contribution in [2.45, 2.75) is 19.8 Å². The molecule has 1 heterocycles. The first-order chi connectivity index (χ1) is 8.52. The summed E-state index contributed by atoms with van der Waals surface area (Å²) < 4.78 is 0. The number of amides is 1. The zero-order valence-electron chi connectivity index (χ0n) is 10.4. The van der Waals surface area contributed by atoms with E-state index in [-0.39, 0.29) is 11.3 Å². The van der Waals surface area contributed by atoms with Crippen molar-refractivity contribution in [2.75, 3.05) is 7.05 Å². The fourth-order valence-corrected chi connectivity index (χ4v) is 1.99. The number of aromatic amines is 1. The van der Waals surface area contributed by atoms with E-state index in [1.165, 1.54) is 19.3 Å². The number of hydrogen-bond donors (Lipinski definition) is 2. The lowest BCUT2D eigenvalue weighted by Gasteiger charge is -2.03. The average Bonchev–Trinajstić information content (AvgIpc) is 3.04. The maximum Gasteiger partial charge on any atom is 0.260 e. The van der Waals surface area contributed by atoms with Crippen molar-refractivity contribution < 1.29 is 9.59 Å². The highest BCUT2D eigenvalue weighted by Gasteiger charge is 2.34. The molecule has 5 nitrogen and oxygen atoms in total. The molecular formula is C13H16N2O3. The summed E-state index contributed by atoms with van der Waals surface area (Å²) in [6.45, 7) is 2.11. The van der Waals surface area contributed by atoms with E-state index >= 15 is 0 Å². The summed E-state index contributed by atoms with van der Waals surface area (Å²) in [5.41, 5.74) is -0.106. The molecule has 0 spiro atoms. The molecule has 1 amide bonds. The van der Waals surface area contributed by atoms with Crippen molar-refractivity contribution in [3.8, 4) is 0 Å². The lowest BCUT2D eigenvalue weighted by atomic mass is 10.1. The minimum Gasteiger partial charge on any atom is -0.355 e. The van der Waals surface area contributed by atoms with Crippen LogP contribution in [0.25, 0.3) is 0 Å². The number of hydrogen-bond acceptors (Lipinski definition) is 3. The number of rotatable bonds is 4. The van der Waals surface area contributed by atoms with E-state index in [9.17, 15) is 14.4 Å². The molecule has 1 aliphatic rings. The third-order valence-corrected chi connectivity index (χ3v) is 3.42. The van der Waals surface area contributed by atoms with E-state index in [0.29, 0.717) is 23.8 Å². The summed E-state index contributed by atoms with van der Waals surface area (Å²) in [6, 6.07) is 1.37. The summed E-state index contributed by atoms with van der Waals surface area (Å²) in [5, 5.41) is 2.38. The van der Waals surface area contributed by atoms with Gasteiger partial charge in [-0.25, -0.2) is 0 Å². The van der Waals surface area contributed by atoms with Crippen LogP contribution in [-0.2, 0) is 0 Å². The normalized spacial score (nSPS) is 21.4. The van der Waals surface area contributed by atoms with E-state index in [2.05, 4.69) is 17.2 Å². The van der Waals surface area contributed by atoms with Gasteiger partial charge in [-0.3, -0.25) is 14.4 Å². The van der Waals surface area contributed by atoms with Crippen LogP contribution in [0, 0.1) is 11.8 Å². The Kier molecular flexibility index (Phi) is 3.32. The largest absolute Gasteiger partial charge is 0.355 e. The van der Waals surface area contributed by atoms with Gasteiger partial charge < -0.3 is 10.3 Å². The average molecular weight is 248 g/mol. The highest BCUT2D eigenvalue weighted by molar-refractivity contribution is 6.00. The molecule has 1 aromatic heterocycles. The summed E-state index contributed by atoms with van der Waals surface area (Å²) in [7, 11) is 1.45. The lowest BCUT2D eigenvalue weighted by molar-refractivity contribution is 0.0961. The van der Waals surface area contributed by atoms with Crippen LogP contribution >= 0.6 is 0 Å². The molecule has 1 aliphatic carbocycles. The minimum absolute atomic E-state index is 0.0211. The Balaban J connectivity index is 2.21. The first-order valence-corrected chi connectivity index (χ1v) is 6.01. The van der Waals surface area contributed by atoms with Gasteiger partial charge in [-0.05, 0) is 24.3 Å². The molecule has 0 aromatic carbocycles. The second-order valence-corrected chi connectivity index (χ2v) is 4.81. The molecular weight excluding hydrogens is 232 g/mol. The second kappa shape index (κ2) is 4.76. The topological polar surface area (TPSA) is 79.0 Å². The quantitative estimate of drug-likeness (QED) is 0.779. The molecule has 0 unspecified atom stereocenters. The molecule has 2 rings (SSSR count). The number of pyridine rings is 1. The van der Waals surface area contributed by atoms with Gasteiger partial charge in [0, 0.05) is 25.2 Å². The molecule has 96 valence electrons. The highest BCUT2D eigenvalue weighted by Crippen LogP contribution is 2.41. The van der Waals surface area contributed by atoms with Crippen molar-refractivity contribution in [1.29, 1.82) is 0 Å². The Morgan fingerprint density at radius 1 is 1.50 bits per heavy atom. The van der Waals surface area contributed by atoms with Crippen LogP contribution in [0.5, 0.6) is 0 Å². The van der Waals surface area contributed by atoms with Crippen molar-refractivity contribution in [2.24, 2.45) is 11.8 Å². The number of aromatic nitrogens is 1. The van der Waals surface area contributed by atoms with Gasteiger partial charge in [-0.15, -0.1) is 0 Å². The minimum atomic E-state index is -0.481. The van der Waals surface area contributed by atoms with Crippen LogP contribution in [0.3, 0.4) is 0 Å². The zero-order chi connectivity index (χ0) is 13.3. The molecule has 0 aliphatic heterocycles. The van der Waals surface area contributed by atoms with Crippen LogP contribution in [0.4, 0.5) is 0 Å². The van der Waals surface area contributed by atoms with Crippen molar-refractivity contribution in [1.82, 2.24) is 10.3 Å². The van der Waals surface area contributed by atoms with Crippen LogP contribution in [0.1, 0.15) is 40.5 Å². The molecule has 18 heavy (non-hydrogen) atoms. The van der Waals surface area contributed by atoms with Gasteiger partial charge in [-0.1, -0.05) is 6.92 Å². The van der Waals surface area contributed by atoms with E-state index in [1.807, 2.05) is 0 Å². The summed E-state index contributed by atoms with van der Waals surface area (Å²) in [4.78, 5) is 37.3. The molecule has 1 saturated carbocycles. The highest BCUT2D eigenvalue weighted by atomic mass is 16.2. The van der Waals surface area contributed by atoms with Crippen molar-refractivity contribution >= 4 is 11.7 Å². The Labute approximate surface area is 105 Å². The van der Waals surface area contributed by atoms with Crippen molar-refractivity contribution in [3.63, 3.8) is 0 Å². The standard InChI is InChI=1S/C13H16N2O3/c1-7-3-8(7)5-11(16)9-4-10(12(17)14-2)13(18)15-6-9/h4,6-8H,3,5H2,1-2H3,(H,14,17)(H,15,18)/t7-,8+/m0/s1. The van der Waals surface area contributed by atoms with Crippen LogP contribution < -0.4 is 10.9 Å². The molecule has 0 bridgehead atoms. The second-order valence-electron chi connectivity index (χ2n) is 4.81. The fourth-order valence-electron chi connectivity index (χ4n) is 1.99. The van der Waals surface area contributed by atoms with Crippen LogP contribution in [0.15, 0.2) is 17.1 Å². The SMILES string of the molecule is CNC(=O)c1cc(C(=O)C[C@H]2C[C@@H]2C)c[nH]c1=O. The first kappa shape index (κ1) is 12.5. The molecule has 5 heteroatoms. The maximum absolute atomic E-state index is 12.0. The van der Waals surface area contributed by atoms with E-state index in [1.54, 1.807) is 0 Å². The van der Waals surface area contributed by atoms with Gasteiger partial charge in [0.05, 0.1) is 0 Å². The third kappa shape index (κ3) is 2.50. The summed E-state index contributed by atoms with van der Waals surface area (Å²) in [5.74, 6) is 0.555. The first-order valence-electron chi connectivity index (χ1n) is 6.01. The molecule has 1 aromatic rings. The van der Waals surface area contributed by atoms with Gasteiger partial charge in [0.15, 0.2) is 5.78 Å². The third-order valence-electron chi connectivity index (χ3n) is 3.42. The molecule has 2 N–H and O–H groups in total. The number of carbonyl (C=O) groups is 2. The molecule has 1 fully saturated rings. The number of H-pyrrole nitrogens is 1. The Bertz CT molecular complexity index is 547. The lowest BCUT2D eigenvalue weighted by Crippen LogP contribution is -2.27.